The van der Waals surface area contributed by atoms with E-state index >= 15 is 0 Å². The highest BCUT2D eigenvalue weighted by Crippen LogP contribution is 2.32. The molecule has 0 aliphatic carbocycles. The molecular formula is C28H35FN6O3. The van der Waals surface area contributed by atoms with Crippen LogP contribution in [0.5, 0.6) is 11.5 Å². The number of H-pyrrole nitrogens is 1. The van der Waals surface area contributed by atoms with E-state index < -0.39 is 11.9 Å². The summed E-state index contributed by atoms with van der Waals surface area (Å²) >= 11 is 0. The maximum absolute atomic E-state index is 14.9. The minimum atomic E-state index is -0.792. The molecule has 9 nitrogen and oxygen atoms in total. The third kappa shape index (κ3) is 5.51. The lowest BCUT2D eigenvalue weighted by Crippen LogP contribution is -2.56. The Kier molecular flexibility index (Phi) is 7.62. The van der Waals surface area contributed by atoms with Gasteiger partial charge in [-0.2, -0.15) is 0 Å². The van der Waals surface area contributed by atoms with Gasteiger partial charge in [-0.05, 0) is 75.6 Å². The van der Waals surface area contributed by atoms with Crippen LogP contribution >= 0.6 is 0 Å². The van der Waals surface area contributed by atoms with Crippen LogP contribution in [0.25, 0.3) is 11.0 Å². The molecule has 2 aromatic heterocycles. The maximum Gasteiger partial charge on any atom is 0.239 e. The summed E-state index contributed by atoms with van der Waals surface area (Å²) in [6, 6.07) is 5.56. The molecule has 2 fully saturated rings. The second-order valence-electron chi connectivity index (χ2n) is 10.4. The van der Waals surface area contributed by atoms with E-state index in [0.29, 0.717) is 43.1 Å². The number of nitrogens with two attached hydrogens (primary N) is 1. The van der Waals surface area contributed by atoms with Crippen molar-refractivity contribution in [2.75, 3.05) is 46.3 Å². The first-order valence-corrected chi connectivity index (χ1v) is 13.2. The first kappa shape index (κ1) is 26.1. The molecule has 3 aromatic rings. The maximum atomic E-state index is 14.9. The molecule has 0 saturated carbocycles. The van der Waals surface area contributed by atoms with Crippen LogP contribution in [0.3, 0.4) is 0 Å². The Labute approximate surface area is 221 Å². The number of rotatable bonds is 6. The summed E-state index contributed by atoms with van der Waals surface area (Å²) < 4.78 is 20.8. The van der Waals surface area contributed by atoms with Gasteiger partial charge in [0.2, 0.25) is 11.8 Å². The van der Waals surface area contributed by atoms with E-state index in [9.17, 15) is 14.0 Å². The first-order valence-electron chi connectivity index (χ1n) is 13.2. The molecule has 202 valence electrons. The number of amides is 2. The Bertz CT molecular complexity index is 1310. The van der Waals surface area contributed by atoms with E-state index in [2.05, 4.69) is 21.9 Å². The zero-order chi connectivity index (χ0) is 26.8. The number of carbonyl (C=O) groups is 2. The Morgan fingerprint density at radius 2 is 1.82 bits per heavy atom. The summed E-state index contributed by atoms with van der Waals surface area (Å²) in [5.74, 6) is 0.175. The van der Waals surface area contributed by atoms with Gasteiger partial charge >= 0.3 is 0 Å². The molecule has 38 heavy (non-hydrogen) atoms. The monoisotopic (exact) mass is 522 g/mol. The molecule has 4 heterocycles. The van der Waals surface area contributed by atoms with Crippen molar-refractivity contribution in [2.24, 2.45) is 11.7 Å². The van der Waals surface area contributed by atoms with Crippen LogP contribution in [0.4, 0.5) is 4.39 Å². The van der Waals surface area contributed by atoms with Crippen molar-refractivity contribution >= 4 is 22.8 Å². The predicted octanol–water partition coefficient (Wildman–Crippen LogP) is 2.69. The number of benzene rings is 1. The van der Waals surface area contributed by atoms with E-state index in [1.807, 2.05) is 18.0 Å². The van der Waals surface area contributed by atoms with Crippen LogP contribution in [0.1, 0.15) is 24.0 Å². The van der Waals surface area contributed by atoms with E-state index in [-0.39, 0.29) is 29.9 Å². The summed E-state index contributed by atoms with van der Waals surface area (Å²) in [6.45, 7) is 5.78. The third-order valence-corrected chi connectivity index (χ3v) is 7.69. The Balaban J connectivity index is 1.15. The molecule has 5 rings (SSSR count). The van der Waals surface area contributed by atoms with Crippen LogP contribution in [0, 0.1) is 18.7 Å². The number of carbonyl (C=O) groups excluding carboxylic acids is 2. The zero-order valence-electron chi connectivity index (χ0n) is 22.0. The first-order chi connectivity index (χ1) is 18.3. The third-order valence-electron chi connectivity index (χ3n) is 7.69. The summed E-state index contributed by atoms with van der Waals surface area (Å²) in [6.07, 6.45) is 5.42. The van der Waals surface area contributed by atoms with Gasteiger partial charge in [-0.1, -0.05) is 6.07 Å². The molecular weight excluding hydrogens is 487 g/mol. The predicted molar refractivity (Wildman–Crippen MR) is 142 cm³/mol. The number of likely N-dealkylation sites (tertiary alicyclic amines) is 1. The number of halogens is 1. The summed E-state index contributed by atoms with van der Waals surface area (Å²) in [5, 5.41) is 0.803. The molecule has 2 aliphatic heterocycles. The fourth-order valence-electron chi connectivity index (χ4n) is 5.38. The van der Waals surface area contributed by atoms with Gasteiger partial charge in [-0.3, -0.25) is 9.59 Å². The molecule has 2 amide bonds. The van der Waals surface area contributed by atoms with Crippen LogP contribution in [-0.4, -0.2) is 88.8 Å². The normalized spacial score (nSPS) is 18.1. The number of nitrogens with one attached hydrogen (secondary N) is 1. The van der Waals surface area contributed by atoms with E-state index in [0.717, 1.165) is 36.9 Å². The van der Waals surface area contributed by atoms with Crippen molar-refractivity contribution in [1.29, 1.82) is 0 Å². The van der Waals surface area contributed by atoms with Crippen molar-refractivity contribution in [3.63, 3.8) is 0 Å². The lowest BCUT2D eigenvalue weighted by Gasteiger charge is -2.38. The number of piperidine rings is 1. The van der Waals surface area contributed by atoms with Crippen LogP contribution in [-0.2, 0) is 16.0 Å². The van der Waals surface area contributed by atoms with E-state index in [4.69, 9.17) is 10.5 Å². The minimum absolute atomic E-state index is 0.0780. The topological polar surface area (TPSA) is 108 Å². The SMILES string of the molecule is Cc1c[nH]c2nccc(Oc3ccc(C[C@H](N)C(=O)N4CCN(C(=O)C5CCN(C)CC5)CC4)cc3F)c12. The molecule has 3 N–H and O–H groups in total. The number of aryl methyl sites for hydroxylation is 1. The highest BCUT2D eigenvalue weighted by molar-refractivity contribution is 5.86. The largest absolute Gasteiger partial charge is 0.453 e. The van der Waals surface area contributed by atoms with Gasteiger partial charge in [0.1, 0.15) is 11.4 Å². The van der Waals surface area contributed by atoms with Crippen molar-refractivity contribution in [1.82, 2.24) is 24.7 Å². The summed E-state index contributed by atoms with van der Waals surface area (Å²) in [4.78, 5) is 39.1. The number of hydrogen-bond donors (Lipinski definition) is 2. The van der Waals surface area contributed by atoms with Crippen molar-refractivity contribution in [2.45, 2.75) is 32.2 Å². The molecule has 0 unspecified atom stereocenters. The number of aromatic amines is 1. The van der Waals surface area contributed by atoms with E-state index in [1.165, 1.54) is 6.07 Å². The van der Waals surface area contributed by atoms with Crippen molar-refractivity contribution in [3.05, 3.63) is 53.6 Å². The average molecular weight is 523 g/mol. The van der Waals surface area contributed by atoms with Crippen molar-refractivity contribution in [3.8, 4) is 11.5 Å². The fraction of sp³-hybridized carbons (Fsp3) is 0.464. The highest BCUT2D eigenvalue weighted by atomic mass is 19.1. The number of fused-ring (bicyclic) bond motifs is 1. The number of ether oxygens (including phenoxy) is 1. The molecule has 2 saturated heterocycles. The summed E-state index contributed by atoms with van der Waals surface area (Å²) in [7, 11) is 2.08. The quantitative estimate of drug-likeness (QED) is 0.516. The second kappa shape index (κ2) is 11.1. The molecule has 10 heteroatoms. The van der Waals surface area contributed by atoms with Crippen molar-refractivity contribution < 1.29 is 18.7 Å². The molecule has 0 radical (unpaired) electrons. The lowest BCUT2D eigenvalue weighted by molar-refractivity contribution is -0.143. The minimum Gasteiger partial charge on any atom is -0.453 e. The number of nitrogens with zero attached hydrogens (tertiary/aromatic N) is 4. The molecule has 0 bridgehead atoms. The van der Waals surface area contributed by atoms with Gasteiger partial charge in [-0.25, -0.2) is 9.37 Å². The van der Waals surface area contributed by atoms with Gasteiger partial charge in [-0.15, -0.1) is 0 Å². The Hall–Kier alpha value is -3.50. The second-order valence-corrected chi connectivity index (χ2v) is 10.4. The van der Waals surface area contributed by atoms with Crippen LogP contribution < -0.4 is 10.5 Å². The standard InChI is InChI=1S/C28H35FN6O3/c1-18-17-32-26-25(18)24(5-8-31-26)38-23-4-3-19(15-21(23)29)16-22(30)28(37)35-13-11-34(12-14-35)27(36)20-6-9-33(2)10-7-20/h3-5,8,15,17,20,22H,6-7,9-14,16,30H2,1-2H3,(H,31,32)/t22-/m0/s1. The van der Waals surface area contributed by atoms with Crippen LogP contribution in [0.2, 0.25) is 0 Å². The molecule has 1 aromatic carbocycles. The zero-order valence-corrected chi connectivity index (χ0v) is 22.0. The van der Waals surface area contributed by atoms with Gasteiger partial charge < -0.3 is 30.2 Å². The number of aromatic nitrogens is 2. The molecule has 0 spiro atoms. The fourth-order valence-corrected chi connectivity index (χ4v) is 5.38. The van der Waals surface area contributed by atoms with E-state index in [1.54, 1.807) is 29.3 Å². The average Bonchev–Trinajstić information content (AvgIpc) is 3.31. The smallest absolute Gasteiger partial charge is 0.239 e. The Morgan fingerprint density at radius 3 is 2.53 bits per heavy atom. The highest BCUT2D eigenvalue weighted by Gasteiger charge is 2.32. The Morgan fingerprint density at radius 1 is 1.11 bits per heavy atom. The molecule has 2 aliphatic rings. The molecule has 1 atom stereocenters. The lowest BCUT2D eigenvalue weighted by atomic mass is 9.95. The summed E-state index contributed by atoms with van der Waals surface area (Å²) in [5.41, 5.74) is 8.49. The van der Waals surface area contributed by atoms with Crippen LogP contribution in [0.15, 0.2) is 36.7 Å². The van der Waals surface area contributed by atoms with Gasteiger partial charge in [0.15, 0.2) is 11.6 Å². The van der Waals surface area contributed by atoms with Gasteiger partial charge in [0, 0.05) is 44.5 Å². The number of pyridine rings is 1. The number of piperazine rings is 1. The number of hydrogen-bond acceptors (Lipinski definition) is 6. The van der Waals surface area contributed by atoms with Gasteiger partial charge in [0.05, 0.1) is 11.4 Å². The van der Waals surface area contributed by atoms with Gasteiger partial charge in [0.25, 0.3) is 0 Å².